The summed E-state index contributed by atoms with van der Waals surface area (Å²) in [5, 5.41) is 3.27. The first-order chi connectivity index (χ1) is 9.11. The molecule has 3 nitrogen and oxygen atoms in total. The molecule has 0 radical (unpaired) electrons. The highest BCUT2D eigenvalue weighted by atomic mass is 15.3. The molecule has 1 aromatic rings. The summed E-state index contributed by atoms with van der Waals surface area (Å²) in [6, 6.07) is 7.41. The van der Waals surface area contributed by atoms with Crippen LogP contribution in [0.3, 0.4) is 0 Å². The summed E-state index contributed by atoms with van der Waals surface area (Å²) in [5.41, 5.74) is 4.16. The van der Waals surface area contributed by atoms with Gasteiger partial charge in [0.15, 0.2) is 0 Å². The average Bonchev–Trinajstić information content (AvgIpc) is 2.39. The highest BCUT2D eigenvalue weighted by Crippen LogP contribution is 2.22. The molecule has 1 saturated heterocycles. The lowest BCUT2D eigenvalue weighted by molar-refractivity contribution is 0.195. The van der Waals surface area contributed by atoms with Gasteiger partial charge >= 0.3 is 0 Å². The Hall–Kier alpha value is -1.06. The van der Waals surface area contributed by atoms with Crippen LogP contribution < -0.4 is 10.2 Å². The lowest BCUT2D eigenvalue weighted by atomic mass is 10.1. The smallest absolute Gasteiger partial charge is 0.0396 e. The summed E-state index contributed by atoms with van der Waals surface area (Å²) < 4.78 is 0. The van der Waals surface area contributed by atoms with E-state index in [1.807, 2.05) is 7.05 Å². The van der Waals surface area contributed by atoms with Crippen molar-refractivity contribution in [1.82, 2.24) is 10.2 Å². The Balaban J connectivity index is 1.96. The zero-order valence-electron chi connectivity index (χ0n) is 12.7. The zero-order chi connectivity index (χ0) is 13.8. The number of anilines is 1. The third kappa shape index (κ3) is 3.48. The Morgan fingerprint density at radius 3 is 2.42 bits per heavy atom. The average molecular weight is 261 g/mol. The Morgan fingerprint density at radius 2 is 1.84 bits per heavy atom. The molecule has 0 spiro atoms. The molecule has 2 rings (SSSR count). The van der Waals surface area contributed by atoms with Crippen LogP contribution >= 0.6 is 0 Å². The predicted octanol–water partition coefficient (Wildman–Crippen LogP) is 2.03. The van der Waals surface area contributed by atoms with Crippen molar-refractivity contribution in [2.24, 2.45) is 0 Å². The second kappa shape index (κ2) is 6.40. The van der Waals surface area contributed by atoms with Crippen molar-refractivity contribution < 1.29 is 0 Å². The van der Waals surface area contributed by atoms with Crippen LogP contribution in [0, 0.1) is 13.8 Å². The van der Waals surface area contributed by atoms with Crippen LogP contribution in [0.1, 0.15) is 18.1 Å². The minimum Gasteiger partial charge on any atom is -0.369 e. The van der Waals surface area contributed by atoms with Gasteiger partial charge in [-0.1, -0.05) is 17.7 Å². The normalized spacial score (nSPS) is 18.6. The topological polar surface area (TPSA) is 18.5 Å². The van der Waals surface area contributed by atoms with Crippen LogP contribution in [0.4, 0.5) is 5.69 Å². The first-order valence-corrected chi connectivity index (χ1v) is 7.32. The molecule has 1 aliphatic rings. The maximum Gasteiger partial charge on any atom is 0.0396 e. The van der Waals surface area contributed by atoms with Gasteiger partial charge in [0, 0.05) is 44.5 Å². The maximum absolute atomic E-state index is 3.27. The molecule has 0 bridgehead atoms. The Labute approximate surface area is 117 Å². The SMILES string of the molecule is CNCC(C)N1CCN(c2ccc(C)cc2C)CC1. The van der Waals surface area contributed by atoms with Gasteiger partial charge < -0.3 is 10.2 Å². The van der Waals surface area contributed by atoms with Crippen molar-refractivity contribution in [3.8, 4) is 0 Å². The highest BCUT2D eigenvalue weighted by Gasteiger charge is 2.21. The van der Waals surface area contributed by atoms with Crippen molar-refractivity contribution in [3.63, 3.8) is 0 Å². The van der Waals surface area contributed by atoms with Crippen LogP contribution in [0.15, 0.2) is 18.2 Å². The minimum absolute atomic E-state index is 0.631. The van der Waals surface area contributed by atoms with Crippen molar-refractivity contribution >= 4 is 5.69 Å². The zero-order valence-corrected chi connectivity index (χ0v) is 12.7. The van der Waals surface area contributed by atoms with E-state index in [2.05, 4.69) is 54.1 Å². The summed E-state index contributed by atoms with van der Waals surface area (Å²) in [6.45, 7) is 12.4. The molecule has 1 aromatic carbocycles. The van der Waals surface area contributed by atoms with E-state index in [4.69, 9.17) is 0 Å². The first kappa shape index (κ1) is 14.4. The van der Waals surface area contributed by atoms with E-state index in [-0.39, 0.29) is 0 Å². The molecule has 3 heteroatoms. The van der Waals surface area contributed by atoms with E-state index >= 15 is 0 Å². The molecule has 19 heavy (non-hydrogen) atoms. The third-order valence-electron chi connectivity index (χ3n) is 4.13. The molecule has 0 aliphatic carbocycles. The summed E-state index contributed by atoms with van der Waals surface area (Å²) >= 11 is 0. The van der Waals surface area contributed by atoms with Crippen molar-refractivity contribution in [3.05, 3.63) is 29.3 Å². The van der Waals surface area contributed by atoms with Gasteiger partial charge in [0.1, 0.15) is 0 Å². The van der Waals surface area contributed by atoms with Crippen LogP contribution in [0.25, 0.3) is 0 Å². The lowest BCUT2D eigenvalue weighted by Gasteiger charge is -2.39. The monoisotopic (exact) mass is 261 g/mol. The minimum atomic E-state index is 0.631. The Kier molecular flexibility index (Phi) is 4.83. The number of piperazine rings is 1. The molecule has 1 atom stereocenters. The van der Waals surface area contributed by atoms with Crippen LogP contribution in [-0.2, 0) is 0 Å². The number of nitrogens with zero attached hydrogens (tertiary/aromatic N) is 2. The summed E-state index contributed by atoms with van der Waals surface area (Å²) in [7, 11) is 2.03. The molecule has 0 aromatic heterocycles. The highest BCUT2D eigenvalue weighted by molar-refractivity contribution is 5.54. The molecule has 1 aliphatic heterocycles. The van der Waals surface area contributed by atoms with E-state index in [1.54, 1.807) is 0 Å². The molecule has 0 saturated carbocycles. The standard InChI is InChI=1S/C16H27N3/c1-13-5-6-16(14(2)11-13)19-9-7-18(8-10-19)15(3)12-17-4/h5-6,11,15,17H,7-10,12H2,1-4H3. The summed E-state index contributed by atoms with van der Waals surface area (Å²) in [6.07, 6.45) is 0. The number of benzene rings is 1. The second-order valence-electron chi connectivity index (χ2n) is 5.72. The predicted molar refractivity (Wildman–Crippen MR) is 83.1 cm³/mol. The number of nitrogens with one attached hydrogen (secondary N) is 1. The summed E-state index contributed by atoms with van der Waals surface area (Å²) in [5.74, 6) is 0. The van der Waals surface area contributed by atoms with Gasteiger partial charge in [0.2, 0.25) is 0 Å². The Morgan fingerprint density at radius 1 is 1.16 bits per heavy atom. The third-order valence-corrected chi connectivity index (χ3v) is 4.13. The van der Waals surface area contributed by atoms with Gasteiger partial charge in [-0.15, -0.1) is 0 Å². The largest absolute Gasteiger partial charge is 0.369 e. The summed E-state index contributed by atoms with van der Waals surface area (Å²) in [4.78, 5) is 5.11. The van der Waals surface area contributed by atoms with Crippen LogP contribution in [-0.4, -0.2) is 50.7 Å². The van der Waals surface area contributed by atoms with Gasteiger partial charge in [-0.3, -0.25) is 4.90 Å². The van der Waals surface area contributed by atoms with E-state index in [1.165, 1.54) is 16.8 Å². The van der Waals surface area contributed by atoms with E-state index < -0.39 is 0 Å². The van der Waals surface area contributed by atoms with Gasteiger partial charge in [0.05, 0.1) is 0 Å². The van der Waals surface area contributed by atoms with Gasteiger partial charge in [-0.25, -0.2) is 0 Å². The maximum atomic E-state index is 3.27. The van der Waals surface area contributed by atoms with Gasteiger partial charge in [0.25, 0.3) is 0 Å². The quantitative estimate of drug-likeness (QED) is 0.895. The van der Waals surface area contributed by atoms with E-state index in [9.17, 15) is 0 Å². The number of aryl methyl sites for hydroxylation is 2. The Bertz CT molecular complexity index is 408. The van der Waals surface area contributed by atoms with Crippen LogP contribution in [0.2, 0.25) is 0 Å². The molecule has 1 N–H and O–H groups in total. The van der Waals surface area contributed by atoms with Gasteiger partial charge in [-0.2, -0.15) is 0 Å². The molecular weight excluding hydrogens is 234 g/mol. The fourth-order valence-corrected chi connectivity index (χ4v) is 2.99. The first-order valence-electron chi connectivity index (χ1n) is 7.32. The number of rotatable bonds is 4. The van der Waals surface area contributed by atoms with E-state index in [0.717, 1.165) is 32.7 Å². The van der Waals surface area contributed by atoms with E-state index in [0.29, 0.717) is 6.04 Å². The fourth-order valence-electron chi connectivity index (χ4n) is 2.99. The molecular formula is C16H27N3. The number of hydrogen-bond donors (Lipinski definition) is 1. The van der Waals surface area contributed by atoms with Crippen LogP contribution in [0.5, 0.6) is 0 Å². The lowest BCUT2D eigenvalue weighted by Crippen LogP contribution is -2.51. The molecule has 0 amide bonds. The molecule has 1 unspecified atom stereocenters. The molecule has 1 fully saturated rings. The van der Waals surface area contributed by atoms with Crippen molar-refractivity contribution in [2.45, 2.75) is 26.8 Å². The van der Waals surface area contributed by atoms with Gasteiger partial charge in [-0.05, 0) is 39.4 Å². The number of hydrogen-bond acceptors (Lipinski definition) is 3. The fraction of sp³-hybridized carbons (Fsp3) is 0.625. The molecule has 106 valence electrons. The number of likely N-dealkylation sites (N-methyl/N-ethyl adjacent to an activating group) is 1. The molecule has 1 heterocycles. The second-order valence-corrected chi connectivity index (χ2v) is 5.72. The van der Waals surface area contributed by atoms with Crippen molar-refractivity contribution in [1.29, 1.82) is 0 Å². The van der Waals surface area contributed by atoms with Crippen molar-refractivity contribution in [2.75, 3.05) is 44.7 Å².